The van der Waals surface area contributed by atoms with E-state index in [2.05, 4.69) is 20.3 Å². The average Bonchev–Trinajstić information content (AvgIpc) is 2.83. The van der Waals surface area contributed by atoms with Crippen molar-refractivity contribution < 1.29 is 9.53 Å². The van der Waals surface area contributed by atoms with Crippen LogP contribution in [-0.2, 0) is 4.79 Å². The van der Waals surface area contributed by atoms with E-state index in [9.17, 15) is 4.79 Å². The molecule has 33 heavy (non-hydrogen) atoms. The number of aromatic amines is 1. The lowest BCUT2D eigenvalue weighted by Crippen LogP contribution is -2.27. The number of benzene rings is 1. The van der Waals surface area contributed by atoms with Crippen LogP contribution >= 0.6 is 11.3 Å². The quantitative estimate of drug-likeness (QED) is 0.417. The van der Waals surface area contributed by atoms with Gasteiger partial charge in [-0.1, -0.05) is 19.1 Å². The maximum Gasteiger partial charge on any atom is 0.223 e. The number of nitrogens with one attached hydrogen (secondary N) is 2. The zero-order valence-electron chi connectivity index (χ0n) is 19.2. The van der Waals surface area contributed by atoms with Crippen molar-refractivity contribution in [1.29, 1.82) is 0 Å². The molecule has 0 unspecified atom stereocenters. The number of rotatable bonds is 10. The van der Waals surface area contributed by atoms with E-state index in [1.165, 1.54) is 11.3 Å². The van der Waals surface area contributed by atoms with E-state index >= 15 is 0 Å². The van der Waals surface area contributed by atoms with Gasteiger partial charge in [0.05, 0.1) is 29.7 Å². The Kier molecular flexibility index (Phi) is 9.19. The second-order valence-electron chi connectivity index (χ2n) is 7.34. The van der Waals surface area contributed by atoms with E-state index < -0.39 is 0 Å². The van der Waals surface area contributed by atoms with E-state index in [4.69, 9.17) is 9.72 Å². The summed E-state index contributed by atoms with van der Waals surface area (Å²) < 4.78 is 5.39. The third kappa shape index (κ3) is 7.01. The first-order valence-corrected chi connectivity index (χ1v) is 11.9. The van der Waals surface area contributed by atoms with Crippen LogP contribution in [0.2, 0.25) is 0 Å². The first kappa shape index (κ1) is 24.2. The van der Waals surface area contributed by atoms with Gasteiger partial charge in [0.2, 0.25) is 11.9 Å². The lowest BCUT2D eigenvalue weighted by molar-refractivity contribution is -0.129. The van der Waals surface area contributed by atoms with E-state index in [0.717, 1.165) is 54.3 Å². The Labute approximate surface area is 198 Å². The summed E-state index contributed by atoms with van der Waals surface area (Å²) in [6, 6.07) is 9.64. The molecule has 174 valence electrons. The molecule has 2 N–H and O–H groups in total. The molecule has 8 nitrogen and oxygen atoms in total. The molecule has 2 heterocycles. The van der Waals surface area contributed by atoms with Gasteiger partial charge in [0.25, 0.3) is 0 Å². The van der Waals surface area contributed by atoms with Crippen molar-refractivity contribution in [2.45, 2.75) is 26.2 Å². The van der Waals surface area contributed by atoms with Gasteiger partial charge in [0.15, 0.2) is 0 Å². The highest BCUT2D eigenvalue weighted by Crippen LogP contribution is 2.29. The standard InChI is InChI=1S/C24H30N6O2S/c1-4-21(31)30(2)14-6-5-11-26-24-27-12-10-20(29-24)23-22(28-17-33-15-13-25-23)18-8-7-9-19(16-18)32-3/h7-10,12-13,15-17,25H,4-6,11,14H2,1-3H3,(H,26,27,29). The highest BCUT2D eigenvalue weighted by atomic mass is 32.1. The number of amides is 1. The van der Waals surface area contributed by atoms with E-state index in [1.54, 1.807) is 23.7 Å². The van der Waals surface area contributed by atoms with E-state index in [-0.39, 0.29) is 5.91 Å². The van der Waals surface area contributed by atoms with Crippen molar-refractivity contribution in [3.63, 3.8) is 0 Å². The number of methoxy groups -OCH3 is 1. The molecule has 3 rings (SSSR count). The van der Waals surface area contributed by atoms with Crippen molar-refractivity contribution >= 4 is 23.2 Å². The zero-order valence-corrected chi connectivity index (χ0v) is 20.1. The van der Waals surface area contributed by atoms with Crippen LogP contribution in [0, 0.1) is 0 Å². The minimum absolute atomic E-state index is 0.168. The van der Waals surface area contributed by atoms with Crippen LogP contribution in [0.4, 0.5) is 5.95 Å². The molecule has 0 fully saturated rings. The molecule has 0 aliphatic rings. The lowest BCUT2D eigenvalue weighted by Gasteiger charge is -2.16. The lowest BCUT2D eigenvalue weighted by atomic mass is 10.1. The second-order valence-corrected chi connectivity index (χ2v) is 8.10. The normalized spacial score (nSPS) is 10.4. The largest absolute Gasteiger partial charge is 0.497 e. The number of carbonyl (C=O) groups is 1. The number of aromatic nitrogens is 4. The van der Waals surface area contributed by atoms with Crippen LogP contribution in [0.25, 0.3) is 22.6 Å². The van der Waals surface area contributed by atoms with Gasteiger partial charge in [0, 0.05) is 49.9 Å². The fourth-order valence-electron chi connectivity index (χ4n) is 3.24. The van der Waals surface area contributed by atoms with Crippen molar-refractivity contribution in [3.05, 3.63) is 53.6 Å². The molecule has 0 aliphatic carbocycles. The Bertz CT molecular complexity index is 1100. The predicted octanol–water partition coefficient (Wildman–Crippen LogP) is 4.79. The van der Waals surface area contributed by atoms with Crippen molar-refractivity contribution in [3.8, 4) is 28.4 Å². The van der Waals surface area contributed by atoms with Gasteiger partial charge in [-0.25, -0.2) is 15.0 Å². The first-order chi connectivity index (χ1) is 16.1. The minimum atomic E-state index is 0.168. The molecular weight excluding hydrogens is 436 g/mol. The fraction of sp³-hybridized carbons (Fsp3) is 0.333. The number of carbonyl (C=O) groups excluding carboxylic acids is 1. The smallest absolute Gasteiger partial charge is 0.223 e. The summed E-state index contributed by atoms with van der Waals surface area (Å²) in [4.78, 5) is 30.5. The third-order valence-electron chi connectivity index (χ3n) is 5.04. The summed E-state index contributed by atoms with van der Waals surface area (Å²) in [5.74, 6) is 1.48. The van der Waals surface area contributed by atoms with Gasteiger partial charge in [-0.3, -0.25) is 4.79 Å². The Morgan fingerprint density at radius 2 is 2.12 bits per heavy atom. The molecule has 0 radical (unpaired) electrons. The van der Waals surface area contributed by atoms with Crippen LogP contribution in [0.3, 0.4) is 0 Å². The Balaban J connectivity index is 1.77. The van der Waals surface area contributed by atoms with Crippen LogP contribution in [0.15, 0.2) is 53.6 Å². The number of hydrogen-bond donors (Lipinski definition) is 2. The molecular formula is C24H30N6O2S. The van der Waals surface area contributed by atoms with Gasteiger partial charge in [-0.05, 0) is 31.0 Å². The van der Waals surface area contributed by atoms with Crippen LogP contribution in [0.5, 0.6) is 5.75 Å². The maximum absolute atomic E-state index is 11.7. The van der Waals surface area contributed by atoms with Crippen molar-refractivity contribution in [2.75, 3.05) is 32.6 Å². The molecule has 2 aromatic heterocycles. The molecule has 1 aromatic carbocycles. The number of unbranched alkanes of at least 4 members (excludes halogenated alkanes) is 1. The summed E-state index contributed by atoms with van der Waals surface area (Å²) in [7, 11) is 3.49. The van der Waals surface area contributed by atoms with Crippen LogP contribution < -0.4 is 10.1 Å². The SMILES string of the molecule is CCC(=O)N(C)CCCCNc1nccc(-c2[nH]ccscnc2-c2cccc(OC)c2)n1. The van der Waals surface area contributed by atoms with Crippen LogP contribution in [-0.4, -0.2) is 58.0 Å². The van der Waals surface area contributed by atoms with E-state index in [0.29, 0.717) is 12.4 Å². The molecule has 0 saturated heterocycles. The number of nitrogens with zero attached hydrogens (tertiary/aromatic N) is 4. The number of H-pyrrole nitrogens is 1. The number of anilines is 1. The summed E-state index contributed by atoms with van der Waals surface area (Å²) in [6.07, 6.45) is 5.97. The van der Waals surface area contributed by atoms with Crippen molar-refractivity contribution in [2.24, 2.45) is 0 Å². The molecule has 1 amide bonds. The minimum Gasteiger partial charge on any atom is -0.497 e. The third-order valence-corrected chi connectivity index (χ3v) is 5.56. The molecule has 0 bridgehead atoms. The summed E-state index contributed by atoms with van der Waals surface area (Å²) >= 11 is 1.49. The summed E-state index contributed by atoms with van der Waals surface area (Å²) in [5.41, 5.74) is 4.99. The molecule has 0 spiro atoms. The summed E-state index contributed by atoms with van der Waals surface area (Å²) in [5, 5.41) is 5.21. The fourth-order valence-corrected chi connectivity index (χ4v) is 3.63. The monoisotopic (exact) mass is 466 g/mol. The molecule has 0 saturated carbocycles. The predicted molar refractivity (Wildman–Crippen MR) is 133 cm³/mol. The first-order valence-electron chi connectivity index (χ1n) is 10.9. The maximum atomic E-state index is 11.7. The topological polar surface area (TPSA) is 96.0 Å². The van der Waals surface area contributed by atoms with Gasteiger partial charge >= 0.3 is 0 Å². The number of ether oxygens (including phenoxy) is 1. The molecule has 0 aliphatic heterocycles. The van der Waals surface area contributed by atoms with Crippen LogP contribution in [0.1, 0.15) is 26.2 Å². The zero-order chi connectivity index (χ0) is 23.5. The van der Waals surface area contributed by atoms with Gasteiger partial charge in [0.1, 0.15) is 5.75 Å². The van der Waals surface area contributed by atoms with Gasteiger partial charge in [-0.15, -0.1) is 11.3 Å². The highest BCUT2D eigenvalue weighted by Gasteiger charge is 2.12. The molecule has 3 aromatic rings. The Morgan fingerprint density at radius 1 is 1.24 bits per heavy atom. The summed E-state index contributed by atoms with van der Waals surface area (Å²) in [6.45, 7) is 3.35. The van der Waals surface area contributed by atoms with Gasteiger partial charge < -0.3 is 19.9 Å². The molecule has 0 atom stereocenters. The Morgan fingerprint density at radius 3 is 2.94 bits per heavy atom. The highest BCUT2D eigenvalue weighted by molar-refractivity contribution is 7.07. The number of hydrogen-bond acceptors (Lipinski definition) is 7. The average molecular weight is 467 g/mol. The Hall–Kier alpha value is -3.46. The van der Waals surface area contributed by atoms with Gasteiger partial charge in [-0.2, -0.15) is 0 Å². The van der Waals surface area contributed by atoms with E-state index in [1.807, 2.05) is 55.9 Å². The van der Waals surface area contributed by atoms with Crippen molar-refractivity contribution in [1.82, 2.24) is 24.8 Å². The second kappa shape index (κ2) is 12.5. The molecule has 9 heteroatoms.